The number of benzene rings is 1. The first-order chi connectivity index (χ1) is 10.0. The maximum absolute atomic E-state index is 13.2. The molecule has 2 aromatic heterocycles. The van der Waals surface area contributed by atoms with Gasteiger partial charge in [0.2, 0.25) is 0 Å². The molecule has 0 aliphatic rings. The maximum atomic E-state index is 13.2. The number of carboxylic acid groups (broad SMARTS) is 1. The minimum Gasteiger partial charge on any atom is -0.478 e. The van der Waals surface area contributed by atoms with E-state index in [1.807, 2.05) is 0 Å². The van der Waals surface area contributed by atoms with Crippen molar-refractivity contribution in [3.05, 3.63) is 53.1 Å². The van der Waals surface area contributed by atoms with Crippen LogP contribution in [0.4, 0.5) is 8.78 Å². The third-order valence-electron chi connectivity index (χ3n) is 2.71. The summed E-state index contributed by atoms with van der Waals surface area (Å²) in [4.78, 5) is 15.0. The molecule has 3 rings (SSSR count). The van der Waals surface area contributed by atoms with E-state index in [9.17, 15) is 13.6 Å². The molecule has 0 saturated heterocycles. The highest BCUT2D eigenvalue weighted by molar-refractivity contribution is 7.13. The first-order valence-corrected chi connectivity index (χ1v) is 6.65. The molecule has 2 heterocycles. The largest absolute Gasteiger partial charge is 0.478 e. The quantitative estimate of drug-likeness (QED) is 0.793. The summed E-state index contributed by atoms with van der Waals surface area (Å²) in [6, 6.07) is 4.48. The van der Waals surface area contributed by atoms with Crippen molar-refractivity contribution in [1.82, 2.24) is 4.98 Å². The fourth-order valence-electron chi connectivity index (χ4n) is 1.78. The smallest absolute Gasteiger partial charge is 0.338 e. The Bertz CT molecular complexity index is 805. The molecule has 0 bridgehead atoms. The Morgan fingerprint density at radius 2 is 1.90 bits per heavy atom. The summed E-state index contributed by atoms with van der Waals surface area (Å²) in [6.45, 7) is 0. The number of halogens is 2. The Morgan fingerprint density at radius 1 is 1.19 bits per heavy atom. The van der Waals surface area contributed by atoms with Crippen LogP contribution in [0.2, 0.25) is 0 Å². The van der Waals surface area contributed by atoms with E-state index >= 15 is 0 Å². The number of nitrogens with zero attached hydrogens (tertiary/aromatic N) is 1. The SMILES string of the molecule is O=C(O)c1coc(-c2csc(-c3cc(F)cc(F)c3)n2)c1. The molecule has 0 fully saturated rings. The van der Waals surface area contributed by atoms with Gasteiger partial charge in [0, 0.05) is 23.1 Å². The monoisotopic (exact) mass is 307 g/mol. The molecule has 1 N–H and O–H groups in total. The summed E-state index contributed by atoms with van der Waals surface area (Å²) in [5.41, 5.74) is 0.734. The lowest BCUT2D eigenvalue weighted by Crippen LogP contribution is -1.91. The van der Waals surface area contributed by atoms with Crippen LogP contribution in [0.15, 0.2) is 40.3 Å². The minimum atomic E-state index is -1.10. The van der Waals surface area contributed by atoms with Gasteiger partial charge in [-0.25, -0.2) is 18.6 Å². The highest BCUT2D eigenvalue weighted by atomic mass is 32.1. The van der Waals surface area contributed by atoms with Gasteiger partial charge in [0.1, 0.15) is 28.6 Å². The molecule has 0 atom stereocenters. The third-order valence-corrected chi connectivity index (χ3v) is 3.60. The molecule has 1 aromatic carbocycles. The van der Waals surface area contributed by atoms with Crippen molar-refractivity contribution in [2.45, 2.75) is 0 Å². The normalized spacial score (nSPS) is 10.8. The summed E-state index contributed by atoms with van der Waals surface area (Å²) in [5, 5.41) is 10.9. The molecule has 106 valence electrons. The van der Waals surface area contributed by atoms with Crippen LogP contribution in [0.1, 0.15) is 10.4 Å². The minimum absolute atomic E-state index is 0.0105. The number of thiazole rings is 1. The van der Waals surface area contributed by atoms with Crippen LogP contribution in [0.25, 0.3) is 22.0 Å². The van der Waals surface area contributed by atoms with Crippen LogP contribution in [0.5, 0.6) is 0 Å². The average molecular weight is 307 g/mol. The van der Waals surface area contributed by atoms with Gasteiger partial charge in [-0.1, -0.05) is 0 Å². The van der Waals surface area contributed by atoms with Crippen molar-refractivity contribution in [2.24, 2.45) is 0 Å². The molecule has 3 aromatic rings. The molecule has 7 heteroatoms. The lowest BCUT2D eigenvalue weighted by atomic mass is 10.2. The molecule has 0 aliphatic carbocycles. The van der Waals surface area contributed by atoms with Gasteiger partial charge in [-0.05, 0) is 12.1 Å². The Kier molecular flexibility index (Phi) is 3.26. The second-order valence-corrected chi connectivity index (χ2v) is 5.06. The summed E-state index contributed by atoms with van der Waals surface area (Å²) < 4.78 is 31.5. The van der Waals surface area contributed by atoms with Crippen molar-refractivity contribution < 1.29 is 23.1 Å². The zero-order valence-electron chi connectivity index (χ0n) is 10.3. The zero-order chi connectivity index (χ0) is 15.0. The first-order valence-electron chi connectivity index (χ1n) is 5.77. The average Bonchev–Trinajstić information content (AvgIpc) is 3.07. The number of aromatic nitrogens is 1. The molecule has 21 heavy (non-hydrogen) atoms. The van der Waals surface area contributed by atoms with E-state index in [1.54, 1.807) is 5.38 Å². The van der Waals surface area contributed by atoms with Crippen LogP contribution >= 0.6 is 11.3 Å². The fourth-order valence-corrected chi connectivity index (χ4v) is 2.58. The lowest BCUT2D eigenvalue weighted by molar-refractivity contribution is 0.0696. The second-order valence-electron chi connectivity index (χ2n) is 4.20. The predicted molar refractivity (Wildman–Crippen MR) is 72.1 cm³/mol. The molecule has 0 amide bonds. The number of hydrogen-bond acceptors (Lipinski definition) is 4. The number of hydrogen-bond donors (Lipinski definition) is 1. The molecule has 0 unspecified atom stereocenters. The highest BCUT2D eigenvalue weighted by Crippen LogP contribution is 2.30. The summed E-state index contributed by atoms with van der Waals surface area (Å²) in [7, 11) is 0. The highest BCUT2D eigenvalue weighted by Gasteiger charge is 2.14. The number of furan rings is 1. The van der Waals surface area contributed by atoms with E-state index in [2.05, 4.69) is 4.98 Å². The van der Waals surface area contributed by atoms with Gasteiger partial charge >= 0.3 is 5.97 Å². The van der Waals surface area contributed by atoms with E-state index in [0.29, 0.717) is 16.3 Å². The molecule has 4 nitrogen and oxygen atoms in total. The Morgan fingerprint density at radius 3 is 2.52 bits per heavy atom. The molecular weight excluding hydrogens is 300 g/mol. The van der Waals surface area contributed by atoms with Crippen LogP contribution in [-0.4, -0.2) is 16.1 Å². The van der Waals surface area contributed by atoms with Gasteiger partial charge in [0.05, 0.1) is 5.56 Å². The van der Waals surface area contributed by atoms with Crippen molar-refractivity contribution in [3.8, 4) is 22.0 Å². The van der Waals surface area contributed by atoms with Crippen molar-refractivity contribution in [2.75, 3.05) is 0 Å². The summed E-state index contributed by atoms with van der Waals surface area (Å²) >= 11 is 1.18. The molecular formula is C14H7F2NO3S. The van der Waals surface area contributed by atoms with Gasteiger partial charge in [0.25, 0.3) is 0 Å². The van der Waals surface area contributed by atoms with E-state index in [4.69, 9.17) is 9.52 Å². The van der Waals surface area contributed by atoms with Gasteiger partial charge in [0.15, 0.2) is 5.76 Å². The van der Waals surface area contributed by atoms with Crippen LogP contribution in [-0.2, 0) is 0 Å². The third kappa shape index (κ3) is 2.68. The van der Waals surface area contributed by atoms with Gasteiger partial charge in [-0.3, -0.25) is 0 Å². The Labute approximate surface area is 121 Å². The number of carbonyl (C=O) groups is 1. The summed E-state index contributed by atoms with van der Waals surface area (Å²) in [5.74, 6) is -2.19. The lowest BCUT2D eigenvalue weighted by Gasteiger charge is -1.97. The van der Waals surface area contributed by atoms with Gasteiger partial charge in [-0.2, -0.15) is 0 Å². The maximum Gasteiger partial charge on any atom is 0.338 e. The van der Waals surface area contributed by atoms with Crippen molar-refractivity contribution in [3.63, 3.8) is 0 Å². The van der Waals surface area contributed by atoms with Crippen LogP contribution in [0.3, 0.4) is 0 Å². The second kappa shape index (κ2) is 5.10. The van der Waals surface area contributed by atoms with Crippen molar-refractivity contribution >= 4 is 17.3 Å². The van der Waals surface area contributed by atoms with E-state index < -0.39 is 17.6 Å². The van der Waals surface area contributed by atoms with E-state index in [1.165, 1.54) is 29.5 Å². The zero-order valence-corrected chi connectivity index (χ0v) is 11.2. The van der Waals surface area contributed by atoms with Crippen LogP contribution < -0.4 is 0 Å². The topological polar surface area (TPSA) is 63.3 Å². The summed E-state index contributed by atoms with van der Waals surface area (Å²) in [6.07, 6.45) is 1.11. The van der Waals surface area contributed by atoms with Crippen molar-refractivity contribution in [1.29, 1.82) is 0 Å². The van der Waals surface area contributed by atoms with E-state index in [-0.39, 0.29) is 11.3 Å². The molecule has 0 saturated carbocycles. The first kappa shape index (κ1) is 13.4. The number of carboxylic acids is 1. The van der Waals surface area contributed by atoms with Gasteiger partial charge in [-0.15, -0.1) is 11.3 Å². The van der Waals surface area contributed by atoms with Gasteiger partial charge < -0.3 is 9.52 Å². The standard InChI is InChI=1S/C14H7F2NO3S/c15-9-1-7(2-10(16)4-9)13-17-11(6-21-13)12-3-8(5-20-12)14(18)19/h1-6H,(H,18,19). The molecule has 0 spiro atoms. The molecule has 0 aliphatic heterocycles. The number of rotatable bonds is 3. The molecule has 0 radical (unpaired) electrons. The Hall–Kier alpha value is -2.54. The van der Waals surface area contributed by atoms with Crippen LogP contribution in [0, 0.1) is 11.6 Å². The fraction of sp³-hybridized carbons (Fsp3) is 0. The predicted octanol–water partition coefficient (Wildman–Crippen LogP) is 4.05. The number of aromatic carboxylic acids is 1. The van der Waals surface area contributed by atoms with E-state index in [0.717, 1.165) is 12.3 Å². The Balaban J connectivity index is 1.97.